The average Bonchev–Trinajstić information content (AvgIpc) is 2.99. The summed E-state index contributed by atoms with van der Waals surface area (Å²) in [5.74, 6) is 1.72. The molecular formula is C15H16O2. The zero-order valence-electron chi connectivity index (χ0n) is 9.71. The number of hydrogen-bond donors (Lipinski definition) is 0. The summed E-state index contributed by atoms with van der Waals surface area (Å²) in [7, 11) is 0. The van der Waals surface area contributed by atoms with Gasteiger partial charge in [0, 0.05) is 0 Å². The predicted octanol–water partition coefficient (Wildman–Crippen LogP) is 3.06. The fourth-order valence-electron chi connectivity index (χ4n) is 2.93. The molecule has 2 bridgehead atoms. The number of ether oxygens (including phenoxy) is 1. The fraction of sp³-hybridized carbons (Fsp3) is 0.400. The first-order valence-electron chi connectivity index (χ1n) is 6.23. The van der Waals surface area contributed by atoms with Crippen LogP contribution >= 0.6 is 0 Å². The van der Waals surface area contributed by atoms with Gasteiger partial charge < -0.3 is 4.74 Å². The van der Waals surface area contributed by atoms with Gasteiger partial charge in [0.2, 0.25) is 0 Å². The second kappa shape index (κ2) is 4.36. The minimum Gasteiger partial charge on any atom is -0.462 e. The Morgan fingerprint density at radius 3 is 2.65 bits per heavy atom. The van der Waals surface area contributed by atoms with E-state index in [1.807, 2.05) is 18.2 Å². The first-order chi connectivity index (χ1) is 8.33. The number of fused-ring (bicyclic) bond motifs is 2. The summed E-state index contributed by atoms with van der Waals surface area (Å²) in [5, 5.41) is 0. The van der Waals surface area contributed by atoms with E-state index >= 15 is 0 Å². The van der Waals surface area contributed by atoms with Crippen LogP contribution in [0.5, 0.6) is 0 Å². The third-order valence-corrected chi connectivity index (χ3v) is 3.85. The summed E-state index contributed by atoms with van der Waals surface area (Å²) in [6, 6.07) is 9.21. The lowest BCUT2D eigenvalue weighted by Gasteiger charge is -2.17. The summed E-state index contributed by atoms with van der Waals surface area (Å²) in [4.78, 5) is 11.8. The van der Waals surface area contributed by atoms with Gasteiger partial charge in [0.15, 0.2) is 0 Å². The highest BCUT2D eigenvalue weighted by Gasteiger charge is 2.36. The molecule has 2 unspecified atom stereocenters. The van der Waals surface area contributed by atoms with E-state index in [1.165, 1.54) is 12.8 Å². The molecule has 0 amide bonds. The zero-order valence-corrected chi connectivity index (χ0v) is 9.71. The Hall–Kier alpha value is -1.57. The molecule has 0 aliphatic heterocycles. The van der Waals surface area contributed by atoms with Crippen molar-refractivity contribution < 1.29 is 9.53 Å². The maximum Gasteiger partial charge on any atom is 0.338 e. The Labute approximate surface area is 101 Å². The first kappa shape index (κ1) is 10.6. The molecule has 1 fully saturated rings. The molecular weight excluding hydrogens is 212 g/mol. The van der Waals surface area contributed by atoms with E-state index in [0.717, 1.165) is 5.92 Å². The van der Waals surface area contributed by atoms with Crippen LogP contribution in [-0.2, 0) is 4.74 Å². The standard InChI is InChI=1S/C15H16O2/c16-15(12-4-2-1-3-5-12)17-10-14-9-11-6-7-13(14)8-11/h1-7,11,13-14H,8-10H2/t11?,13?,14-/m0/s1. The van der Waals surface area contributed by atoms with Crippen LogP contribution in [0.15, 0.2) is 42.5 Å². The van der Waals surface area contributed by atoms with Gasteiger partial charge in [-0.05, 0) is 42.7 Å². The highest BCUT2D eigenvalue weighted by molar-refractivity contribution is 5.89. The average molecular weight is 228 g/mol. The van der Waals surface area contributed by atoms with Gasteiger partial charge in [-0.2, -0.15) is 0 Å². The number of rotatable bonds is 3. The van der Waals surface area contributed by atoms with E-state index in [9.17, 15) is 4.79 Å². The Morgan fingerprint density at radius 1 is 1.18 bits per heavy atom. The highest BCUT2D eigenvalue weighted by atomic mass is 16.5. The number of esters is 1. The molecule has 2 aliphatic carbocycles. The molecule has 1 aromatic carbocycles. The predicted molar refractivity (Wildman–Crippen MR) is 65.6 cm³/mol. The van der Waals surface area contributed by atoms with E-state index in [2.05, 4.69) is 12.2 Å². The monoisotopic (exact) mass is 228 g/mol. The minimum atomic E-state index is -0.197. The first-order valence-corrected chi connectivity index (χ1v) is 6.23. The molecule has 0 heterocycles. The zero-order chi connectivity index (χ0) is 11.7. The number of carbonyl (C=O) groups is 1. The molecule has 1 saturated carbocycles. The summed E-state index contributed by atoms with van der Waals surface area (Å²) in [6.45, 7) is 0.569. The van der Waals surface area contributed by atoms with Crippen LogP contribution in [0.4, 0.5) is 0 Å². The van der Waals surface area contributed by atoms with Crippen molar-refractivity contribution in [2.45, 2.75) is 12.8 Å². The van der Waals surface area contributed by atoms with Gasteiger partial charge in [-0.1, -0.05) is 30.4 Å². The van der Waals surface area contributed by atoms with Crippen molar-refractivity contribution in [1.29, 1.82) is 0 Å². The van der Waals surface area contributed by atoms with E-state index in [4.69, 9.17) is 4.74 Å². The van der Waals surface area contributed by atoms with Gasteiger partial charge in [-0.25, -0.2) is 4.79 Å². The largest absolute Gasteiger partial charge is 0.462 e. The third-order valence-electron chi connectivity index (χ3n) is 3.85. The van der Waals surface area contributed by atoms with Crippen molar-refractivity contribution in [3.63, 3.8) is 0 Å². The molecule has 0 aromatic heterocycles. The molecule has 17 heavy (non-hydrogen) atoms. The molecule has 3 rings (SSSR count). The van der Waals surface area contributed by atoms with Crippen molar-refractivity contribution in [2.75, 3.05) is 6.61 Å². The van der Waals surface area contributed by atoms with E-state index < -0.39 is 0 Å². The molecule has 2 heteroatoms. The van der Waals surface area contributed by atoms with Crippen molar-refractivity contribution in [1.82, 2.24) is 0 Å². The number of hydrogen-bond acceptors (Lipinski definition) is 2. The molecule has 3 atom stereocenters. The molecule has 1 aromatic rings. The van der Waals surface area contributed by atoms with Crippen LogP contribution in [0, 0.1) is 17.8 Å². The van der Waals surface area contributed by atoms with Gasteiger partial charge in [0.05, 0.1) is 12.2 Å². The molecule has 0 radical (unpaired) electrons. The molecule has 2 aliphatic rings. The minimum absolute atomic E-state index is 0.197. The van der Waals surface area contributed by atoms with Crippen molar-refractivity contribution >= 4 is 5.97 Å². The Bertz CT molecular complexity index is 435. The molecule has 0 saturated heterocycles. The van der Waals surface area contributed by atoms with Crippen molar-refractivity contribution in [2.24, 2.45) is 17.8 Å². The van der Waals surface area contributed by atoms with E-state index in [1.54, 1.807) is 12.1 Å². The Balaban J connectivity index is 1.55. The normalized spacial score (nSPS) is 29.5. The number of benzene rings is 1. The third kappa shape index (κ3) is 2.12. The van der Waals surface area contributed by atoms with Gasteiger partial charge in [-0.15, -0.1) is 0 Å². The lowest BCUT2D eigenvalue weighted by molar-refractivity contribution is 0.0421. The van der Waals surface area contributed by atoms with Gasteiger partial charge >= 0.3 is 5.97 Å². The van der Waals surface area contributed by atoms with Crippen LogP contribution in [0.2, 0.25) is 0 Å². The van der Waals surface area contributed by atoms with Crippen LogP contribution in [0.25, 0.3) is 0 Å². The van der Waals surface area contributed by atoms with E-state index in [0.29, 0.717) is 24.0 Å². The van der Waals surface area contributed by atoms with Crippen LogP contribution < -0.4 is 0 Å². The summed E-state index contributed by atoms with van der Waals surface area (Å²) in [6.07, 6.45) is 7.03. The molecule has 2 nitrogen and oxygen atoms in total. The van der Waals surface area contributed by atoms with Crippen molar-refractivity contribution in [3.8, 4) is 0 Å². The summed E-state index contributed by atoms with van der Waals surface area (Å²) in [5.41, 5.74) is 0.645. The maximum absolute atomic E-state index is 11.8. The number of carbonyl (C=O) groups excluding carboxylic acids is 1. The second-order valence-corrected chi connectivity index (χ2v) is 5.00. The lowest BCUT2D eigenvalue weighted by atomic mass is 9.95. The van der Waals surface area contributed by atoms with Gasteiger partial charge in [0.25, 0.3) is 0 Å². The van der Waals surface area contributed by atoms with Gasteiger partial charge in [0.1, 0.15) is 0 Å². The van der Waals surface area contributed by atoms with Gasteiger partial charge in [-0.3, -0.25) is 0 Å². The smallest absolute Gasteiger partial charge is 0.338 e. The summed E-state index contributed by atoms with van der Waals surface area (Å²) < 4.78 is 5.39. The van der Waals surface area contributed by atoms with Crippen LogP contribution in [0.1, 0.15) is 23.2 Å². The Kier molecular flexibility index (Phi) is 2.71. The maximum atomic E-state index is 11.8. The fourth-order valence-corrected chi connectivity index (χ4v) is 2.93. The lowest BCUT2D eigenvalue weighted by Crippen LogP contribution is -2.17. The quantitative estimate of drug-likeness (QED) is 0.587. The van der Waals surface area contributed by atoms with E-state index in [-0.39, 0.29) is 5.97 Å². The summed E-state index contributed by atoms with van der Waals surface area (Å²) >= 11 is 0. The molecule has 0 N–H and O–H groups in total. The molecule has 0 spiro atoms. The number of allylic oxidation sites excluding steroid dienone is 2. The van der Waals surface area contributed by atoms with Crippen LogP contribution in [0.3, 0.4) is 0 Å². The Morgan fingerprint density at radius 2 is 2.00 bits per heavy atom. The molecule has 88 valence electrons. The topological polar surface area (TPSA) is 26.3 Å². The van der Waals surface area contributed by atoms with Crippen LogP contribution in [-0.4, -0.2) is 12.6 Å². The second-order valence-electron chi connectivity index (χ2n) is 5.00. The SMILES string of the molecule is O=C(OC[C@@H]1CC2C=CC1C2)c1ccccc1. The van der Waals surface area contributed by atoms with Crippen molar-refractivity contribution in [3.05, 3.63) is 48.0 Å². The highest BCUT2D eigenvalue weighted by Crippen LogP contribution is 2.43.